The summed E-state index contributed by atoms with van der Waals surface area (Å²) in [5.41, 5.74) is 1.80. The Bertz CT molecular complexity index is 818. The van der Waals surface area contributed by atoms with E-state index in [9.17, 15) is 8.42 Å². The van der Waals surface area contributed by atoms with Crippen molar-refractivity contribution in [3.63, 3.8) is 0 Å². The molecule has 0 amide bonds. The van der Waals surface area contributed by atoms with E-state index in [4.69, 9.17) is 0 Å². The van der Waals surface area contributed by atoms with Crippen molar-refractivity contribution < 1.29 is 8.42 Å². The van der Waals surface area contributed by atoms with Crippen molar-refractivity contribution in [3.8, 4) is 0 Å². The van der Waals surface area contributed by atoms with Gasteiger partial charge < -0.3 is 4.57 Å². The molecule has 28 heavy (non-hydrogen) atoms. The Morgan fingerprint density at radius 3 is 2.54 bits per heavy atom. The van der Waals surface area contributed by atoms with Gasteiger partial charge in [-0.3, -0.25) is 14.9 Å². The number of unbranched alkanes of at least 4 members (excludes halogenated alkanes) is 1. The molecular formula is C20H33N5O2S. The van der Waals surface area contributed by atoms with Gasteiger partial charge in [0.15, 0.2) is 0 Å². The first-order chi connectivity index (χ1) is 13.3. The molecule has 2 aromatic heterocycles. The minimum atomic E-state index is -3.38. The van der Waals surface area contributed by atoms with Crippen molar-refractivity contribution in [1.82, 2.24) is 24.4 Å². The van der Waals surface area contributed by atoms with Crippen LogP contribution < -0.4 is 0 Å². The van der Waals surface area contributed by atoms with Gasteiger partial charge in [0.05, 0.1) is 23.3 Å². The lowest BCUT2D eigenvalue weighted by Gasteiger charge is -2.18. The van der Waals surface area contributed by atoms with Gasteiger partial charge in [0.2, 0.25) is 15.0 Å². The van der Waals surface area contributed by atoms with Crippen LogP contribution in [0.5, 0.6) is 0 Å². The molecule has 0 aliphatic rings. The molecule has 2 rings (SSSR count). The summed E-state index contributed by atoms with van der Waals surface area (Å²) in [6.45, 7) is 8.25. The molecular weight excluding hydrogens is 374 g/mol. The Morgan fingerprint density at radius 2 is 1.89 bits per heavy atom. The van der Waals surface area contributed by atoms with Crippen LogP contribution in [0.4, 0.5) is 0 Å². The zero-order valence-corrected chi connectivity index (χ0v) is 18.3. The van der Waals surface area contributed by atoms with Crippen LogP contribution in [-0.4, -0.2) is 45.6 Å². The average Bonchev–Trinajstić information content (AvgIpc) is 3.03. The summed E-state index contributed by atoms with van der Waals surface area (Å²) >= 11 is 0. The molecule has 0 aliphatic carbocycles. The third kappa shape index (κ3) is 6.67. The fraction of sp³-hybridized carbons (Fsp3) is 0.650. The Kier molecular flexibility index (Phi) is 8.57. The van der Waals surface area contributed by atoms with Crippen LogP contribution in [0.1, 0.15) is 57.8 Å². The lowest BCUT2D eigenvalue weighted by molar-refractivity contribution is 0.303. The number of rotatable bonds is 12. The van der Waals surface area contributed by atoms with Crippen LogP contribution in [0.15, 0.2) is 29.9 Å². The third-order valence-corrected chi connectivity index (χ3v) is 6.30. The zero-order chi connectivity index (χ0) is 20.6. The summed E-state index contributed by atoms with van der Waals surface area (Å²) in [4.78, 5) is 14.8. The third-order valence-electron chi connectivity index (χ3n) is 4.59. The van der Waals surface area contributed by atoms with Crippen molar-refractivity contribution in [3.05, 3.63) is 36.2 Å². The van der Waals surface area contributed by atoms with E-state index < -0.39 is 9.84 Å². The zero-order valence-electron chi connectivity index (χ0n) is 17.5. The standard InChI is InChI=1S/C20H33N5O2S/c1-5-6-11-25-19(16-24(4)15-18-13-21-9-10-22-18)14-23-20(25)28(26,27)12-7-8-17(2)3/h9-10,13-14,17H,5-8,11-12,15-16H2,1-4H3. The second kappa shape index (κ2) is 10.7. The molecule has 0 aliphatic heterocycles. The molecule has 0 fully saturated rings. The van der Waals surface area contributed by atoms with Gasteiger partial charge in [-0.2, -0.15) is 0 Å². The molecule has 0 spiro atoms. The second-order valence-corrected chi connectivity index (χ2v) is 9.76. The van der Waals surface area contributed by atoms with E-state index in [0.717, 1.165) is 30.7 Å². The van der Waals surface area contributed by atoms with Gasteiger partial charge in [0.25, 0.3) is 0 Å². The fourth-order valence-corrected chi connectivity index (χ4v) is 4.60. The first-order valence-corrected chi connectivity index (χ1v) is 11.7. The Morgan fingerprint density at radius 1 is 1.11 bits per heavy atom. The Balaban J connectivity index is 2.15. The van der Waals surface area contributed by atoms with Gasteiger partial charge in [-0.1, -0.05) is 27.2 Å². The number of aromatic nitrogens is 4. The molecule has 8 heteroatoms. The van der Waals surface area contributed by atoms with Crippen molar-refractivity contribution >= 4 is 9.84 Å². The molecule has 156 valence electrons. The maximum Gasteiger partial charge on any atom is 0.227 e. The van der Waals surface area contributed by atoms with Gasteiger partial charge in [-0.25, -0.2) is 13.4 Å². The average molecular weight is 408 g/mol. The number of imidazole rings is 1. The molecule has 7 nitrogen and oxygen atoms in total. The highest BCUT2D eigenvalue weighted by Crippen LogP contribution is 2.18. The van der Waals surface area contributed by atoms with Gasteiger partial charge in [0, 0.05) is 38.2 Å². The van der Waals surface area contributed by atoms with E-state index in [2.05, 4.69) is 40.6 Å². The Labute approximate surface area is 169 Å². The molecule has 2 heterocycles. The van der Waals surface area contributed by atoms with Crippen LogP contribution in [0.25, 0.3) is 0 Å². The molecule has 0 aromatic carbocycles. The lowest BCUT2D eigenvalue weighted by Crippen LogP contribution is -2.22. The molecule has 0 saturated heterocycles. The fourth-order valence-electron chi connectivity index (χ4n) is 3.12. The largest absolute Gasteiger partial charge is 0.318 e. The maximum absolute atomic E-state index is 12.9. The predicted molar refractivity (Wildman–Crippen MR) is 110 cm³/mol. The molecule has 2 aromatic rings. The van der Waals surface area contributed by atoms with E-state index in [1.807, 2.05) is 11.6 Å². The molecule has 0 saturated carbocycles. The summed E-state index contributed by atoms with van der Waals surface area (Å²) in [5, 5.41) is 0.215. The highest BCUT2D eigenvalue weighted by molar-refractivity contribution is 7.91. The molecule has 0 N–H and O–H groups in total. The maximum atomic E-state index is 12.9. The monoisotopic (exact) mass is 407 g/mol. The second-order valence-electron chi connectivity index (χ2n) is 7.76. The van der Waals surface area contributed by atoms with E-state index >= 15 is 0 Å². The van der Waals surface area contributed by atoms with Gasteiger partial charge in [-0.05, 0) is 32.2 Å². The van der Waals surface area contributed by atoms with Crippen LogP contribution in [0.3, 0.4) is 0 Å². The first kappa shape index (κ1) is 22.5. The van der Waals surface area contributed by atoms with Crippen molar-refractivity contribution in [2.45, 2.75) is 71.2 Å². The topological polar surface area (TPSA) is 81.0 Å². The first-order valence-electron chi connectivity index (χ1n) is 10.0. The minimum absolute atomic E-state index is 0.156. The summed E-state index contributed by atoms with van der Waals surface area (Å²) in [7, 11) is -1.39. The number of nitrogens with zero attached hydrogens (tertiary/aromatic N) is 5. The van der Waals surface area contributed by atoms with Crippen molar-refractivity contribution in [2.24, 2.45) is 5.92 Å². The van der Waals surface area contributed by atoms with E-state index in [0.29, 0.717) is 32.0 Å². The normalized spacial score (nSPS) is 12.2. The lowest BCUT2D eigenvalue weighted by atomic mass is 10.1. The van der Waals surface area contributed by atoms with Crippen LogP contribution >= 0.6 is 0 Å². The van der Waals surface area contributed by atoms with Crippen molar-refractivity contribution in [2.75, 3.05) is 12.8 Å². The molecule has 0 bridgehead atoms. The minimum Gasteiger partial charge on any atom is -0.318 e. The highest BCUT2D eigenvalue weighted by atomic mass is 32.2. The highest BCUT2D eigenvalue weighted by Gasteiger charge is 2.23. The summed E-state index contributed by atoms with van der Waals surface area (Å²) < 4.78 is 27.6. The number of sulfone groups is 1. The molecule has 0 radical (unpaired) electrons. The summed E-state index contributed by atoms with van der Waals surface area (Å²) in [5.74, 6) is 0.656. The van der Waals surface area contributed by atoms with Crippen molar-refractivity contribution in [1.29, 1.82) is 0 Å². The van der Waals surface area contributed by atoms with Gasteiger partial charge >= 0.3 is 0 Å². The Hall–Kier alpha value is -1.80. The van der Waals surface area contributed by atoms with Crippen LogP contribution in [0.2, 0.25) is 0 Å². The van der Waals surface area contributed by atoms with Crippen LogP contribution in [-0.2, 0) is 29.5 Å². The summed E-state index contributed by atoms with van der Waals surface area (Å²) in [6, 6.07) is 0. The molecule has 0 unspecified atom stereocenters. The molecule has 0 atom stereocenters. The van der Waals surface area contributed by atoms with E-state index in [1.165, 1.54) is 0 Å². The van der Waals surface area contributed by atoms with E-state index in [1.54, 1.807) is 24.8 Å². The summed E-state index contributed by atoms with van der Waals surface area (Å²) in [6.07, 6.45) is 10.3. The predicted octanol–water partition coefficient (Wildman–Crippen LogP) is 3.32. The van der Waals surface area contributed by atoms with Gasteiger partial charge in [0.1, 0.15) is 0 Å². The van der Waals surface area contributed by atoms with E-state index in [-0.39, 0.29) is 10.9 Å². The smallest absolute Gasteiger partial charge is 0.227 e. The van der Waals surface area contributed by atoms with Gasteiger partial charge in [-0.15, -0.1) is 0 Å². The quantitative estimate of drug-likeness (QED) is 0.537. The number of hydrogen-bond acceptors (Lipinski definition) is 6. The number of hydrogen-bond donors (Lipinski definition) is 0. The SMILES string of the molecule is CCCCn1c(CN(C)Cc2cnccn2)cnc1S(=O)(=O)CCCC(C)C. The van der Waals surface area contributed by atoms with Crippen LogP contribution in [0, 0.1) is 5.92 Å².